The van der Waals surface area contributed by atoms with Crippen molar-refractivity contribution in [2.24, 2.45) is 5.73 Å². The van der Waals surface area contributed by atoms with Gasteiger partial charge in [0.05, 0.1) is 0 Å². The molecule has 1 heterocycles. The molecule has 0 fully saturated rings. The summed E-state index contributed by atoms with van der Waals surface area (Å²) in [5, 5.41) is 11.4. The first kappa shape index (κ1) is 12.1. The van der Waals surface area contributed by atoms with Gasteiger partial charge in [0, 0.05) is 16.8 Å². The minimum atomic E-state index is -0.0709. The molecular formula is C14H17NOS. The molecule has 0 spiro atoms. The molecule has 0 aliphatic heterocycles. The van der Waals surface area contributed by atoms with Crippen LogP contribution in [0.3, 0.4) is 0 Å². The monoisotopic (exact) mass is 247 g/mol. The van der Waals surface area contributed by atoms with E-state index >= 15 is 0 Å². The Bertz CT molecular complexity index is 463. The van der Waals surface area contributed by atoms with Gasteiger partial charge in [-0.2, -0.15) is 0 Å². The molecule has 0 amide bonds. The predicted molar refractivity (Wildman–Crippen MR) is 72.5 cm³/mol. The van der Waals surface area contributed by atoms with Crippen molar-refractivity contribution in [1.29, 1.82) is 0 Å². The SMILES string of the molecule is CC(CN)(Cc1cccs1)c1ccc(O)cc1. The molecule has 0 saturated carbocycles. The molecule has 0 bridgehead atoms. The van der Waals surface area contributed by atoms with Crippen molar-refractivity contribution in [2.75, 3.05) is 6.54 Å². The van der Waals surface area contributed by atoms with Crippen molar-refractivity contribution < 1.29 is 5.11 Å². The maximum absolute atomic E-state index is 9.32. The fraction of sp³-hybridized carbons (Fsp3) is 0.286. The molecule has 0 saturated heterocycles. The normalized spacial score (nSPS) is 14.5. The molecule has 17 heavy (non-hydrogen) atoms. The van der Waals surface area contributed by atoms with Crippen LogP contribution in [-0.4, -0.2) is 11.7 Å². The minimum absolute atomic E-state index is 0.0709. The molecule has 3 N–H and O–H groups in total. The highest BCUT2D eigenvalue weighted by molar-refractivity contribution is 7.09. The highest BCUT2D eigenvalue weighted by Crippen LogP contribution is 2.29. The molecule has 0 aliphatic rings. The van der Waals surface area contributed by atoms with Gasteiger partial charge in [-0.05, 0) is 35.6 Å². The lowest BCUT2D eigenvalue weighted by molar-refractivity contribution is 0.467. The smallest absolute Gasteiger partial charge is 0.115 e. The van der Waals surface area contributed by atoms with E-state index in [1.54, 1.807) is 23.5 Å². The Morgan fingerprint density at radius 3 is 2.47 bits per heavy atom. The lowest BCUT2D eigenvalue weighted by Gasteiger charge is -2.28. The zero-order valence-electron chi connectivity index (χ0n) is 9.89. The third kappa shape index (κ3) is 2.68. The first-order valence-electron chi connectivity index (χ1n) is 5.66. The van der Waals surface area contributed by atoms with E-state index in [4.69, 9.17) is 5.73 Å². The molecule has 0 radical (unpaired) electrons. The standard InChI is InChI=1S/C14H17NOS/c1-14(10-15,9-13-3-2-8-17-13)11-4-6-12(16)7-5-11/h2-8,16H,9-10,15H2,1H3. The van der Waals surface area contributed by atoms with Crippen molar-refractivity contribution in [3.05, 3.63) is 52.2 Å². The van der Waals surface area contributed by atoms with E-state index in [9.17, 15) is 5.11 Å². The van der Waals surface area contributed by atoms with Gasteiger partial charge in [0.1, 0.15) is 5.75 Å². The van der Waals surface area contributed by atoms with Crippen LogP contribution in [0.15, 0.2) is 41.8 Å². The fourth-order valence-corrected chi connectivity index (χ4v) is 2.84. The average molecular weight is 247 g/mol. The summed E-state index contributed by atoms with van der Waals surface area (Å²) >= 11 is 1.76. The van der Waals surface area contributed by atoms with Crippen molar-refractivity contribution in [1.82, 2.24) is 0 Å². The van der Waals surface area contributed by atoms with Crippen LogP contribution in [0.4, 0.5) is 0 Å². The first-order chi connectivity index (χ1) is 8.14. The number of nitrogens with two attached hydrogens (primary N) is 1. The van der Waals surface area contributed by atoms with Gasteiger partial charge >= 0.3 is 0 Å². The largest absolute Gasteiger partial charge is 0.508 e. The van der Waals surface area contributed by atoms with Crippen LogP contribution in [-0.2, 0) is 11.8 Å². The molecular weight excluding hydrogens is 230 g/mol. The maximum Gasteiger partial charge on any atom is 0.115 e. The Balaban J connectivity index is 2.27. The van der Waals surface area contributed by atoms with Gasteiger partial charge < -0.3 is 10.8 Å². The van der Waals surface area contributed by atoms with Crippen LogP contribution < -0.4 is 5.73 Å². The molecule has 2 rings (SSSR count). The molecule has 0 aliphatic carbocycles. The van der Waals surface area contributed by atoms with Crippen molar-refractivity contribution >= 4 is 11.3 Å². The Kier molecular flexibility index (Phi) is 3.50. The summed E-state index contributed by atoms with van der Waals surface area (Å²) in [6.45, 7) is 2.76. The first-order valence-corrected chi connectivity index (χ1v) is 6.54. The molecule has 2 nitrogen and oxygen atoms in total. The van der Waals surface area contributed by atoms with Crippen LogP contribution in [0.5, 0.6) is 5.75 Å². The summed E-state index contributed by atoms with van der Waals surface area (Å²) in [6, 6.07) is 11.5. The van der Waals surface area contributed by atoms with Crippen LogP contribution in [0.25, 0.3) is 0 Å². The topological polar surface area (TPSA) is 46.2 Å². The van der Waals surface area contributed by atoms with Crippen molar-refractivity contribution in [3.8, 4) is 5.75 Å². The number of hydrogen-bond acceptors (Lipinski definition) is 3. The number of thiophene rings is 1. The third-order valence-electron chi connectivity index (χ3n) is 3.16. The lowest BCUT2D eigenvalue weighted by Crippen LogP contribution is -2.33. The van der Waals surface area contributed by atoms with E-state index < -0.39 is 0 Å². The van der Waals surface area contributed by atoms with Crippen LogP contribution in [0.2, 0.25) is 0 Å². The van der Waals surface area contributed by atoms with E-state index in [2.05, 4.69) is 24.4 Å². The van der Waals surface area contributed by atoms with Gasteiger partial charge in [0.15, 0.2) is 0 Å². The maximum atomic E-state index is 9.32. The molecule has 1 aromatic carbocycles. The van der Waals surface area contributed by atoms with Gasteiger partial charge in [0.25, 0.3) is 0 Å². The van der Waals surface area contributed by atoms with Gasteiger partial charge in [0.2, 0.25) is 0 Å². The van der Waals surface area contributed by atoms with Gasteiger partial charge in [-0.1, -0.05) is 25.1 Å². The van der Waals surface area contributed by atoms with Crippen LogP contribution in [0, 0.1) is 0 Å². The molecule has 1 unspecified atom stereocenters. The summed E-state index contributed by atoms with van der Waals surface area (Å²) in [6.07, 6.45) is 0.936. The fourth-order valence-electron chi connectivity index (χ4n) is 1.95. The average Bonchev–Trinajstić information content (AvgIpc) is 2.82. The molecule has 1 atom stereocenters. The Labute approximate surface area is 106 Å². The van der Waals surface area contributed by atoms with Crippen LogP contribution >= 0.6 is 11.3 Å². The van der Waals surface area contributed by atoms with Crippen LogP contribution in [0.1, 0.15) is 17.4 Å². The summed E-state index contributed by atoms with van der Waals surface area (Å²) in [5.41, 5.74) is 7.04. The Morgan fingerprint density at radius 2 is 1.94 bits per heavy atom. The highest BCUT2D eigenvalue weighted by Gasteiger charge is 2.25. The number of rotatable bonds is 4. The predicted octanol–water partition coefficient (Wildman–Crippen LogP) is 2.91. The number of phenols is 1. The zero-order valence-corrected chi connectivity index (χ0v) is 10.7. The number of aromatic hydroxyl groups is 1. The molecule has 2 aromatic rings. The number of benzene rings is 1. The van der Waals surface area contributed by atoms with Crippen molar-refractivity contribution in [2.45, 2.75) is 18.8 Å². The summed E-state index contributed by atoms with van der Waals surface area (Å²) in [5.74, 6) is 0.296. The Morgan fingerprint density at radius 1 is 1.24 bits per heavy atom. The quantitative estimate of drug-likeness (QED) is 0.872. The lowest BCUT2D eigenvalue weighted by atomic mass is 9.79. The minimum Gasteiger partial charge on any atom is -0.508 e. The van der Waals surface area contributed by atoms with Crippen molar-refractivity contribution in [3.63, 3.8) is 0 Å². The summed E-state index contributed by atoms with van der Waals surface area (Å²) in [7, 11) is 0. The van der Waals surface area contributed by atoms with Gasteiger partial charge in [-0.3, -0.25) is 0 Å². The van der Waals surface area contributed by atoms with E-state index in [-0.39, 0.29) is 5.41 Å². The van der Waals surface area contributed by atoms with E-state index in [1.807, 2.05) is 12.1 Å². The summed E-state index contributed by atoms with van der Waals surface area (Å²) < 4.78 is 0. The van der Waals surface area contributed by atoms with E-state index in [1.165, 1.54) is 10.4 Å². The number of phenolic OH excluding ortho intramolecular Hbond substituents is 1. The molecule has 1 aromatic heterocycles. The zero-order chi connectivity index (χ0) is 12.3. The highest BCUT2D eigenvalue weighted by atomic mass is 32.1. The molecule has 90 valence electrons. The van der Waals surface area contributed by atoms with E-state index in [0.29, 0.717) is 12.3 Å². The second kappa shape index (κ2) is 4.90. The summed E-state index contributed by atoms with van der Waals surface area (Å²) in [4.78, 5) is 1.34. The molecule has 3 heteroatoms. The van der Waals surface area contributed by atoms with Gasteiger partial charge in [-0.15, -0.1) is 11.3 Å². The van der Waals surface area contributed by atoms with Gasteiger partial charge in [-0.25, -0.2) is 0 Å². The Hall–Kier alpha value is -1.32. The second-order valence-corrected chi connectivity index (χ2v) is 5.60. The number of hydrogen-bond donors (Lipinski definition) is 2. The third-order valence-corrected chi connectivity index (χ3v) is 4.04. The van der Waals surface area contributed by atoms with E-state index in [0.717, 1.165) is 6.42 Å². The second-order valence-electron chi connectivity index (χ2n) is 4.57.